The Kier molecular flexibility index (Phi) is 5.95. The van der Waals surface area contributed by atoms with Crippen molar-refractivity contribution in [3.63, 3.8) is 0 Å². The monoisotopic (exact) mass is 416 g/mol. The highest BCUT2D eigenvalue weighted by atomic mass is 32.2. The van der Waals surface area contributed by atoms with E-state index in [2.05, 4.69) is 14.7 Å². The summed E-state index contributed by atoms with van der Waals surface area (Å²) in [6, 6.07) is 8.15. The van der Waals surface area contributed by atoms with Gasteiger partial charge in [-0.15, -0.1) is 0 Å². The summed E-state index contributed by atoms with van der Waals surface area (Å²) in [6.45, 7) is 1.63. The maximum Gasteiger partial charge on any atom is 0.311 e. The third-order valence-corrected chi connectivity index (χ3v) is 5.38. The van der Waals surface area contributed by atoms with E-state index in [9.17, 15) is 13.2 Å². The predicted molar refractivity (Wildman–Crippen MR) is 108 cm³/mol. The number of ether oxygens (including phenoxy) is 2. The Balaban J connectivity index is 2.07. The standard InChI is InChI=1S/C19H20N4O5S/c1-4-17(24)28-18-15(22-29(25,26)23(2)3)6-5-7-16(18)27-19-14-9-10-20-12-13(14)8-11-21-19/h5-12,22H,4H2,1-3H3. The third-order valence-electron chi connectivity index (χ3n) is 3.94. The molecule has 10 heteroatoms. The zero-order chi connectivity index (χ0) is 21.0. The second-order valence-corrected chi connectivity index (χ2v) is 8.05. The first-order valence-corrected chi connectivity index (χ1v) is 10.2. The van der Waals surface area contributed by atoms with Crippen LogP contribution in [0.5, 0.6) is 17.4 Å². The van der Waals surface area contributed by atoms with Crippen LogP contribution in [0.25, 0.3) is 10.8 Å². The van der Waals surface area contributed by atoms with E-state index in [-0.39, 0.29) is 29.5 Å². The number of rotatable bonds is 7. The normalized spacial score (nSPS) is 11.4. The van der Waals surface area contributed by atoms with Gasteiger partial charge in [-0.05, 0) is 24.3 Å². The number of para-hydroxylation sites is 1. The molecule has 152 valence electrons. The van der Waals surface area contributed by atoms with E-state index in [4.69, 9.17) is 9.47 Å². The van der Waals surface area contributed by atoms with Gasteiger partial charge in [0.05, 0.1) is 5.69 Å². The van der Waals surface area contributed by atoms with E-state index in [0.717, 1.165) is 9.69 Å². The van der Waals surface area contributed by atoms with Gasteiger partial charge < -0.3 is 9.47 Å². The van der Waals surface area contributed by atoms with Crippen molar-refractivity contribution in [2.24, 2.45) is 0 Å². The molecule has 1 aromatic carbocycles. The molecule has 9 nitrogen and oxygen atoms in total. The maximum atomic E-state index is 12.3. The summed E-state index contributed by atoms with van der Waals surface area (Å²) in [4.78, 5) is 20.3. The third kappa shape index (κ3) is 4.61. The molecule has 0 amide bonds. The van der Waals surface area contributed by atoms with Crippen LogP contribution in [0.2, 0.25) is 0 Å². The molecule has 0 saturated carbocycles. The van der Waals surface area contributed by atoms with Crippen LogP contribution in [0.4, 0.5) is 5.69 Å². The van der Waals surface area contributed by atoms with Crippen LogP contribution in [0.3, 0.4) is 0 Å². The van der Waals surface area contributed by atoms with Crippen molar-refractivity contribution in [2.75, 3.05) is 18.8 Å². The molecule has 0 aliphatic rings. The van der Waals surface area contributed by atoms with Gasteiger partial charge in [-0.25, -0.2) is 4.98 Å². The average Bonchev–Trinajstić information content (AvgIpc) is 2.70. The van der Waals surface area contributed by atoms with Crippen molar-refractivity contribution in [2.45, 2.75) is 13.3 Å². The molecule has 29 heavy (non-hydrogen) atoms. The fourth-order valence-corrected chi connectivity index (χ4v) is 2.99. The van der Waals surface area contributed by atoms with Crippen LogP contribution < -0.4 is 14.2 Å². The smallest absolute Gasteiger partial charge is 0.311 e. The second-order valence-electron chi connectivity index (χ2n) is 6.16. The van der Waals surface area contributed by atoms with Crippen LogP contribution in [0.15, 0.2) is 48.9 Å². The van der Waals surface area contributed by atoms with Gasteiger partial charge in [0.2, 0.25) is 5.88 Å². The number of anilines is 1. The van der Waals surface area contributed by atoms with Gasteiger partial charge in [-0.3, -0.25) is 14.5 Å². The molecule has 3 rings (SSSR count). The lowest BCUT2D eigenvalue weighted by Gasteiger charge is -2.18. The number of pyridine rings is 2. The van der Waals surface area contributed by atoms with Crippen molar-refractivity contribution >= 4 is 32.6 Å². The van der Waals surface area contributed by atoms with Crippen LogP contribution in [0, 0.1) is 0 Å². The van der Waals surface area contributed by atoms with Gasteiger partial charge in [-0.1, -0.05) is 13.0 Å². The van der Waals surface area contributed by atoms with E-state index in [1.807, 2.05) is 0 Å². The molecule has 0 atom stereocenters. The highest BCUT2D eigenvalue weighted by Crippen LogP contribution is 2.39. The van der Waals surface area contributed by atoms with E-state index < -0.39 is 16.2 Å². The fourth-order valence-electron chi connectivity index (χ4n) is 2.37. The van der Waals surface area contributed by atoms with Gasteiger partial charge in [0.1, 0.15) is 0 Å². The minimum atomic E-state index is -3.83. The van der Waals surface area contributed by atoms with Gasteiger partial charge in [0.15, 0.2) is 11.5 Å². The summed E-state index contributed by atoms with van der Waals surface area (Å²) in [5.74, 6) is -0.173. The lowest BCUT2D eigenvalue weighted by molar-refractivity contribution is -0.134. The zero-order valence-corrected chi connectivity index (χ0v) is 16.9. The summed E-state index contributed by atoms with van der Waals surface area (Å²) in [7, 11) is -1.06. The van der Waals surface area contributed by atoms with Crippen molar-refractivity contribution < 1.29 is 22.7 Å². The van der Waals surface area contributed by atoms with Gasteiger partial charge in [0.25, 0.3) is 0 Å². The molecular formula is C19H20N4O5S. The Labute approximate surface area is 168 Å². The SMILES string of the molecule is CCC(=O)Oc1c(NS(=O)(=O)N(C)C)cccc1Oc1nccc2cnccc12. The lowest BCUT2D eigenvalue weighted by atomic mass is 10.2. The Morgan fingerprint density at radius 1 is 1.17 bits per heavy atom. The Bertz CT molecular complexity index is 1140. The van der Waals surface area contributed by atoms with Gasteiger partial charge >= 0.3 is 16.2 Å². The fraction of sp³-hybridized carbons (Fsp3) is 0.211. The average molecular weight is 416 g/mol. The summed E-state index contributed by atoms with van der Waals surface area (Å²) < 4.78 is 39.2. The van der Waals surface area contributed by atoms with Crippen molar-refractivity contribution in [3.8, 4) is 17.4 Å². The molecule has 0 saturated heterocycles. The lowest BCUT2D eigenvalue weighted by Crippen LogP contribution is -2.29. The number of hydrogen-bond donors (Lipinski definition) is 1. The number of nitrogens with zero attached hydrogens (tertiary/aromatic N) is 3. The van der Waals surface area contributed by atoms with Crippen LogP contribution >= 0.6 is 0 Å². The molecule has 3 aromatic rings. The molecule has 0 spiro atoms. The number of nitrogens with one attached hydrogen (secondary N) is 1. The molecule has 2 aromatic heterocycles. The number of fused-ring (bicyclic) bond motifs is 1. The summed E-state index contributed by atoms with van der Waals surface area (Å²) >= 11 is 0. The molecule has 0 fully saturated rings. The number of carbonyl (C=O) groups is 1. The van der Waals surface area contributed by atoms with Crippen molar-refractivity contribution in [1.82, 2.24) is 14.3 Å². The zero-order valence-electron chi connectivity index (χ0n) is 16.1. The quantitative estimate of drug-likeness (QED) is 0.466. The molecule has 2 heterocycles. The van der Waals surface area contributed by atoms with Crippen LogP contribution in [-0.2, 0) is 15.0 Å². The first-order valence-electron chi connectivity index (χ1n) is 8.72. The molecule has 1 N–H and O–H groups in total. The van der Waals surface area contributed by atoms with Crippen molar-refractivity contribution in [3.05, 3.63) is 48.9 Å². The highest BCUT2D eigenvalue weighted by Gasteiger charge is 2.21. The number of benzene rings is 1. The topological polar surface area (TPSA) is 111 Å². The number of carbonyl (C=O) groups excluding carboxylic acids is 1. The number of aromatic nitrogens is 2. The summed E-state index contributed by atoms with van der Waals surface area (Å²) in [5, 5.41) is 1.52. The minimum absolute atomic E-state index is 0.0439. The van der Waals surface area contributed by atoms with Crippen molar-refractivity contribution in [1.29, 1.82) is 0 Å². The Morgan fingerprint density at radius 2 is 1.97 bits per heavy atom. The molecular weight excluding hydrogens is 396 g/mol. The highest BCUT2D eigenvalue weighted by molar-refractivity contribution is 7.90. The Morgan fingerprint density at radius 3 is 2.69 bits per heavy atom. The van der Waals surface area contributed by atoms with Crippen LogP contribution in [-0.4, -0.2) is 42.8 Å². The molecule has 0 aliphatic heterocycles. The van der Waals surface area contributed by atoms with Gasteiger partial charge in [-0.2, -0.15) is 12.7 Å². The van der Waals surface area contributed by atoms with E-state index in [1.54, 1.807) is 49.8 Å². The molecule has 0 unspecified atom stereocenters. The maximum absolute atomic E-state index is 12.3. The first kappa shape index (κ1) is 20.5. The van der Waals surface area contributed by atoms with E-state index in [0.29, 0.717) is 5.39 Å². The predicted octanol–water partition coefficient (Wildman–Crippen LogP) is 2.96. The molecule has 0 radical (unpaired) electrons. The van der Waals surface area contributed by atoms with Gasteiger partial charge in [0, 0.05) is 49.9 Å². The molecule has 0 bridgehead atoms. The Hall–Kier alpha value is -3.24. The molecule has 0 aliphatic carbocycles. The first-order chi connectivity index (χ1) is 13.8. The van der Waals surface area contributed by atoms with Crippen LogP contribution in [0.1, 0.15) is 13.3 Å². The minimum Gasteiger partial charge on any atom is -0.434 e. The number of esters is 1. The number of hydrogen-bond acceptors (Lipinski definition) is 7. The van der Waals surface area contributed by atoms with E-state index >= 15 is 0 Å². The second kappa shape index (κ2) is 8.41. The largest absolute Gasteiger partial charge is 0.434 e. The summed E-state index contributed by atoms with van der Waals surface area (Å²) in [5.41, 5.74) is 0.0694. The summed E-state index contributed by atoms with van der Waals surface area (Å²) in [6.07, 6.45) is 4.95. The van der Waals surface area contributed by atoms with E-state index in [1.165, 1.54) is 20.2 Å².